The van der Waals surface area contributed by atoms with Crippen LogP contribution in [0.1, 0.15) is 6.92 Å². The normalized spacial score (nSPS) is 14.4. The Morgan fingerprint density at radius 3 is 2.37 bits per heavy atom. The minimum Gasteiger partial charge on any atom is -0.466 e. The van der Waals surface area contributed by atoms with Gasteiger partial charge < -0.3 is 15.4 Å². The van der Waals surface area contributed by atoms with E-state index >= 15 is 0 Å². The Labute approximate surface area is 155 Å². The molecule has 27 heavy (non-hydrogen) atoms. The number of benzene rings is 1. The second kappa shape index (κ2) is 6.96. The number of nitrogens with one attached hydrogen (secondary N) is 2. The van der Waals surface area contributed by atoms with Crippen LogP contribution in [0, 0.1) is 0 Å². The Bertz CT molecular complexity index is 1000. The number of halogens is 3. The van der Waals surface area contributed by atoms with Gasteiger partial charge in [-0.15, -0.1) is 0 Å². The van der Waals surface area contributed by atoms with E-state index in [1.54, 1.807) is 0 Å². The fraction of sp³-hybridized carbons (Fsp3) is 0.357. The van der Waals surface area contributed by atoms with Crippen molar-refractivity contribution in [2.24, 2.45) is 0 Å². The maximum atomic E-state index is 13.7. The minimum atomic E-state index is -5.26. The molecule has 0 aliphatic carbocycles. The van der Waals surface area contributed by atoms with E-state index in [1.807, 2.05) is 5.32 Å². The molecule has 1 aromatic carbocycles. The maximum Gasteiger partial charge on any atom is 0.442 e. The molecule has 13 heteroatoms. The molecule has 0 saturated carbocycles. The molecule has 0 aliphatic heterocycles. The molecule has 0 aliphatic rings. The Morgan fingerprint density at radius 1 is 1.26 bits per heavy atom. The van der Waals surface area contributed by atoms with Crippen molar-refractivity contribution in [1.82, 2.24) is 10.3 Å². The van der Waals surface area contributed by atoms with Crippen molar-refractivity contribution < 1.29 is 35.9 Å². The van der Waals surface area contributed by atoms with Gasteiger partial charge in [-0.2, -0.15) is 13.2 Å². The number of ether oxygens (including phenoxy) is 1. The van der Waals surface area contributed by atoms with E-state index < -0.39 is 33.6 Å². The van der Waals surface area contributed by atoms with Crippen molar-refractivity contribution in [3.05, 3.63) is 18.2 Å². The number of hydrogen-bond donors (Lipinski definition) is 2. The van der Waals surface area contributed by atoms with E-state index in [0.717, 1.165) is 20.3 Å². The second-order valence-electron chi connectivity index (χ2n) is 5.47. The minimum absolute atomic E-state index is 0.0397. The van der Waals surface area contributed by atoms with Gasteiger partial charge in [-0.3, -0.25) is 4.79 Å². The zero-order valence-corrected chi connectivity index (χ0v) is 15.8. The average molecular weight is 425 g/mol. The lowest BCUT2D eigenvalue weighted by atomic mass is 10.1. The number of rotatable bonds is 5. The number of carbonyl (C=O) groups excluding carboxylic acids is 2. The van der Waals surface area contributed by atoms with Gasteiger partial charge in [-0.25, -0.2) is 18.2 Å². The van der Waals surface area contributed by atoms with Crippen LogP contribution in [-0.2, 0) is 24.2 Å². The molecular formula is C14H14F3N3O5S2. The molecule has 0 saturated heterocycles. The lowest BCUT2D eigenvalue weighted by Crippen LogP contribution is -2.69. The average Bonchev–Trinajstić information content (AvgIpc) is 2.92. The molecule has 0 radical (unpaired) electrons. The van der Waals surface area contributed by atoms with Gasteiger partial charge in [-0.1, -0.05) is 11.3 Å². The number of esters is 1. The molecule has 8 nitrogen and oxygen atoms in total. The molecule has 2 rings (SSSR count). The van der Waals surface area contributed by atoms with E-state index in [1.165, 1.54) is 23.5 Å². The molecule has 1 aromatic heterocycles. The maximum absolute atomic E-state index is 13.7. The van der Waals surface area contributed by atoms with Gasteiger partial charge in [0, 0.05) is 13.2 Å². The third-order valence-corrected chi connectivity index (χ3v) is 5.41. The summed E-state index contributed by atoms with van der Waals surface area (Å²) >= 11 is 0.680. The predicted molar refractivity (Wildman–Crippen MR) is 91.0 cm³/mol. The van der Waals surface area contributed by atoms with Crippen molar-refractivity contribution in [3.63, 3.8) is 0 Å². The fourth-order valence-corrected chi connectivity index (χ4v) is 3.84. The SMILES string of the molecule is COC(=O)[C@@](NC(C)=O)(Nc1nc2ccc(S(C)(=O)=O)cc2s1)C(F)(F)F. The number of carbonyl (C=O) groups is 2. The van der Waals surface area contributed by atoms with Crippen LogP contribution in [0.3, 0.4) is 0 Å². The van der Waals surface area contributed by atoms with Crippen molar-refractivity contribution in [2.45, 2.75) is 23.7 Å². The molecule has 2 N–H and O–H groups in total. The van der Waals surface area contributed by atoms with Gasteiger partial charge >= 0.3 is 17.8 Å². The van der Waals surface area contributed by atoms with Crippen LogP contribution in [0.25, 0.3) is 10.2 Å². The van der Waals surface area contributed by atoms with E-state index in [2.05, 4.69) is 9.72 Å². The molecular weight excluding hydrogens is 411 g/mol. The number of hydrogen-bond acceptors (Lipinski definition) is 8. The summed E-state index contributed by atoms with van der Waals surface area (Å²) in [6.07, 6.45) is -4.28. The molecule has 0 unspecified atom stereocenters. The quantitative estimate of drug-likeness (QED) is 0.553. The number of thiazole rings is 1. The lowest BCUT2D eigenvalue weighted by molar-refractivity contribution is -0.206. The third kappa shape index (κ3) is 4.13. The van der Waals surface area contributed by atoms with Gasteiger partial charge in [0.1, 0.15) is 0 Å². The predicted octanol–water partition coefficient (Wildman–Crippen LogP) is 1.68. The zero-order chi connectivity index (χ0) is 20.6. The summed E-state index contributed by atoms with van der Waals surface area (Å²) in [6.45, 7) is 0.807. The van der Waals surface area contributed by atoms with Crippen molar-refractivity contribution in [2.75, 3.05) is 18.7 Å². The first-order valence-corrected chi connectivity index (χ1v) is 9.83. The zero-order valence-electron chi connectivity index (χ0n) is 14.2. The summed E-state index contributed by atoms with van der Waals surface area (Å²) in [5, 5.41) is 3.05. The highest BCUT2D eigenvalue weighted by molar-refractivity contribution is 7.90. The Hall–Kier alpha value is -2.41. The number of methoxy groups -OCH3 is 1. The van der Waals surface area contributed by atoms with Crippen LogP contribution in [0.2, 0.25) is 0 Å². The van der Waals surface area contributed by atoms with Crippen LogP contribution in [-0.4, -0.2) is 50.5 Å². The Balaban J connectivity index is 2.57. The topological polar surface area (TPSA) is 114 Å². The molecule has 2 aromatic rings. The number of sulfone groups is 1. The van der Waals surface area contributed by atoms with Crippen LogP contribution in [0.5, 0.6) is 0 Å². The van der Waals surface area contributed by atoms with Crippen LogP contribution < -0.4 is 10.6 Å². The Kier molecular flexibility index (Phi) is 5.39. The summed E-state index contributed by atoms with van der Waals surface area (Å²) < 4.78 is 68.7. The van der Waals surface area contributed by atoms with E-state index in [-0.39, 0.29) is 20.2 Å². The number of fused-ring (bicyclic) bond motifs is 1. The number of nitrogens with zero attached hydrogens (tertiary/aromatic N) is 1. The standard InChI is InChI=1S/C14H14F3N3O5S2/c1-7(21)19-13(11(22)25-2,14(15,16)17)20-12-18-9-5-4-8(27(3,23)24)6-10(9)26-12/h4-6H,1-3H3,(H,18,20)(H,19,21)/t13-/m1/s1. The van der Waals surface area contributed by atoms with E-state index in [0.29, 0.717) is 11.3 Å². The van der Waals surface area contributed by atoms with Crippen molar-refractivity contribution in [1.29, 1.82) is 0 Å². The van der Waals surface area contributed by atoms with Crippen LogP contribution in [0.4, 0.5) is 18.3 Å². The monoisotopic (exact) mass is 425 g/mol. The highest BCUT2D eigenvalue weighted by atomic mass is 32.2. The number of aromatic nitrogens is 1. The summed E-state index contributed by atoms with van der Waals surface area (Å²) in [4.78, 5) is 27.1. The molecule has 1 atom stereocenters. The third-order valence-electron chi connectivity index (χ3n) is 3.36. The largest absolute Gasteiger partial charge is 0.466 e. The van der Waals surface area contributed by atoms with E-state index in [4.69, 9.17) is 0 Å². The molecule has 148 valence electrons. The summed E-state index contributed by atoms with van der Waals surface area (Å²) in [7, 11) is -2.79. The van der Waals surface area contributed by atoms with E-state index in [9.17, 15) is 31.2 Å². The lowest BCUT2D eigenvalue weighted by Gasteiger charge is -2.33. The summed E-state index contributed by atoms with van der Waals surface area (Å²) in [6, 6.07) is 3.82. The first-order valence-electron chi connectivity index (χ1n) is 7.13. The smallest absolute Gasteiger partial charge is 0.442 e. The fourth-order valence-electron chi connectivity index (χ4n) is 2.16. The van der Waals surface area contributed by atoms with Gasteiger partial charge in [0.15, 0.2) is 15.0 Å². The molecule has 0 fully saturated rings. The highest BCUT2D eigenvalue weighted by Crippen LogP contribution is 2.36. The van der Waals surface area contributed by atoms with Gasteiger partial charge in [-0.05, 0) is 18.2 Å². The van der Waals surface area contributed by atoms with Crippen molar-refractivity contribution >= 4 is 48.4 Å². The second-order valence-corrected chi connectivity index (χ2v) is 8.51. The summed E-state index contributed by atoms with van der Waals surface area (Å²) in [5.74, 6) is -2.92. The number of anilines is 1. The first-order chi connectivity index (χ1) is 12.3. The molecule has 1 heterocycles. The number of amides is 1. The van der Waals surface area contributed by atoms with Gasteiger partial charge in [0.25, 0.3) is 0 Å². The molecule has 1 amide bonds. The summed E-state index contributed by atoms with van der Waals surface area (Å²) in [5.41, 5.74) is -3.35. The van der Waals surface area contributed by atoms with Crippen LogP contribution in [0.15, 0.2) is 23.1 Å². The molecule has 0 spiro atoms. The molecule has 0 bridgehead atoms. The Morgan fingerprint density at radius 2 is 1.89 bits per heavy atom. The van der Waals surface area contributed by atoms with Gasteiger partial charge in [0.2, 0.25) is 5.91 Å². The van der Waals surface area contributed by atoms with Crippen molar-refractivity contribution in [3.8, 4) is 0 Å². The first kappa shape index (κ1) is 20.9. The van der Waals surface area contributed by atoms with Crippen LogP contribution >= 0.6 is 11.3 Å². The number of alkyl halides is 3. The highest BCUT2D eigenvalue weighted by Gasteiger charge is 2.63. The van der Waals surface area contributed by atoms with Gasteiger partial charge in [0.05, 0.1) is 22.2 Å².